The molecule has 1 heterocycles. The van der Waals surface area contributed by atoms with E-state index < -0.39 is 0 Å². The van der Waals surface area contributed by atoms with E-state index in [0.717, 1.165) is 35.1 Å². The molecule has 0 spiro atoms. The zero-order valence-corrected chi connectivity index (χ0v) is 21.1. The number of anilines is 1. The van der Waals surface area contributed by atoms with Gasteiger partial charge in [-0.05, 0) is 51.0 Å². The highest BCUT2D eigenvalue weighted by Gasteiger charge is 2.24. The molecule has 2 aromatic carbocycles. The van der Waals surface area contributed by atoms with Crippen LogP contribution in [0.25, 0.3) is 11.4 Å². The average molecular weight is 495 g/mol. The lowest BCUT2D eigenvalue weighted by Gasteiger charge is -2.25. The molecule has 7 nitrogen and oxygen atoms in total. The molecule has 178 valence electrons. The fraction of sp³-hybridized carbons (Fsp3) is 0.360. The summed E-state index contributed by atoms with van der Waals surface area (Å²) >= 11 is 6.67. The first kappa shape index (κ1) is 24.2. The standard InChI is InChI=1S/C25H30N6OS2/c1-17-8-12-19(13-9-17)23-28-30-25(31(23)21-6-4-3-5-7-21)34-16-22(32)27-29-24(33)26-20-14-10-18(2)11-15-20/h8-15,21H,3-7,16H2,1-2H3,(H,27,32)(H2,26,29,33). The highest BCUT2D eigenvalue weighted by atomic mass is 32.2. The Morgan fingerprint density at radius 3 is 2.29 bits per heavy atom. The van der Waals surface area contributed by atoms with E-state index in [9.17, 15) is 4.79 Å². The maximum Gasteiger partial charge on any atom is 0.248 e. The van der Waals surface area contributed by atoms with E-state index in [1.807, 2.05) is 31.2 Å². The Bertz CT molecular complexity index is 1120. The van der Waals surface area contributed by atoms with Crippen LogP contribution in [-0.4, -0.2) is 31.5 Å². The van der Waals surface area contributed by atoms with Crippen molar-refractivity contribution in [1.29, 1.82) is 0 Å². The van der Waals surface area contributed by atoms with Gasteiger partial charge in [-0.15, -0.1) is 10.2 Å². The number of thiocarbonyl (C=S) groups is 1. The molecule has 1 aliphatic carbocycles. The molecule has 1 fully saturated rings. The topological polar surface area (TPSA) is 83.9 Å². The van der Waals surface area contributed by atoms with Crippen molar-refractivity contribution in [3.8, 4) is 11.4 Å². The summed E-state index contributed by atoms with van der Waals surface area (Å²) in [5.41, 5.74) is 9.70. The maximum atomic E-state index is 12.5. The minimum Gasteiger partial charge on any atom is -0.331 e. The minimum absolute atomic E-state index is 0.187. The first-order chi connectivity index (χ1) is 16.5. The Morgan fingerprint density at radius 2 is 1.62 bits per heavy atom. The predicted molar refractivity (Wildman–Crippen MR) is 142 cm³/mol. The molecular formula is C25H30N6OS2. The third-order valence-corrected chi connectivity index (χ3v) is 7.02. The van der Waals surface area contributed by atoms with E-state index in [4.69, 9.17) is 12.2 Å². The number of aromatic nitrogens is 3. The fourth-order valence-corrected chi connectivity index (χ4v) is 5.01. The van der Waals surface area contributed by atoms with Crippen LogP contribution in [0.15, 0.2) is 53.7 Å². The van der Waals surface area contributed by atoms with Crippen molar-refractivity contribution in [1.82, 2.24) is 25.6 Å². The van der Waals surface area contributed by atoms with Gasteiger partial charge in [0.05, 0.1) is 5.75 Å². The Balaban J connectivity index is 1.37. The van der Waals surface area contributed by atoms with Gasteiger partial charge in [-0.1, -0.05) is 78.5 Å². The van der Waals surface area contributed by atoms with Crippen molar-refractivity contribution in [2.24, 2.45) is 0 Å². The van der Waals surface area contributed by atoms with Gasteiger partial charge < -0.3 is 5.32 Å². The summed E-state index contributed by atoms with van der Waals surface area (Å²) < 4.78 is 2.23. The smallest absolute Gasteiger partial charge is 0.248 e. The third kappa shape index (κ3) is 6.36. The second-order valence-electron chi connectivity index (χ2n) is 8.62. The molecule has 1 saturated carbocycles. The molecule has 9 heteroatoms. The van der Waals surface area contributed by atoms with Gasteiger partial charge in [0.1, 0.15) is 0 Å². The molecule has 0 bridgehead atoms. The SMILES string of the molecule is Cc1ccc(NC(=S)NNC(=O)CSc2nnc(-c3ccc(C)cc3)n2C2CCCCC2)cc1. The molecule has 1 amide bonds. The van der Waals surface area contributed by atoms with Crippen LogP contribution in [0.3, 0.4) is 0 Å². The number of nitrogens with one attached hydrogen (secondary N) is 3. The third-order valence-electron chi connectivity index (χ3n) is 5.87. The first-order valence-electron chi connectivity index (χ1n) is 11.6. The number of amides is 1. The Hall–Kier alpha value is -2.91. The summed E-state index contributed by atoms with van der Waals surface area (Å²) in [6.45, 7) is 4.10. The molecule has 0 atom stereocenters. The predicted octanol–water partition coefficient (Wildman–Crippen LogP) is 5.18. The number of benzene rings is 2. The summed E-state index contributed by atoms with van der Waals surface area (Å²) in [4.78, 5) is 12.5. The monoisotopic (exact) mass is 494 g/mol. The molecule has 1 aliphatic rings. The first-order valence-corrected chi connectivity index (χ1v) is 13.0. The number of nitrogens with zero attached hydrogens (tertiary/aromatic N) is 3. The van der Waals surface area contributed by atoms with Crippen LogP contribution in [0.2, 0.25) is 0 Å². The lowest BCUT2D eigenvalue weighted by molar-refractivity contribution is -0.119. The van der Waals surface area contributed by atoms with Gasteiger partial charge in [0.25, 0.3) is 0 Å². The van der Waals surface area contributed by atoms with Crippen molar-refractivity contribution in [3.63, 3.8) is 0 Å². The number of carbonyl (C=O) groups excluding carboxylic acids is 1. The second kappa shape index (κ2) is 11.5. The Kier molecular flexibility index (Phi) is 8.18. The van der Waals surface area contributed by atoms with E-state index in [1.54, 1.807) is 0 Å². The van der Waals surface area contributed by atoms with Crippen LogP contribution in [0, 0.1) is 13.8 Å². The number of carbonyl (C=O) groups is 1. The molecule has 0 radical (unpaired) electrons. The van der Waals surface area contributed by atoms with Gasteiger partial charge >= 0.3 is 0 Å². The summed E-state index contributed by atoms with van der Waals surface area (Å²) in [7, 11) is 0. The van der Waals surface area contributed by atoms with Crippen molar-refractivity contribution in [2.75, 3.05) is 11.1 Å². The number of aryl methyl sites for hydroxylation is 2. The minimum atomic E-state index is -0.187. The highest BCUT2D eigenvalue weighted by Crippen LogP contribution is 2.35. The summed E-state index contributed by atoms with van der Waals surface area (Å²) in [5.74, 6) is 0.892. The Morgan fingerprint density at radius 1 is 0.971 bits per heavy atom. The fourth-order valence-electron chi connectivity index (χ4n) is 4.04. The van der Waals surface area contributed by atoms with Gasteiger partial charge in [0.15, 0.2) is 16.1 Å². The molecule has 3 aromatic rings. The van der Waals surface area contributed by atoms with E-state index in [0.29, 0.717) is 11.2 Å². The lowest BCUT2D eigenvalue weighted by Crippen LogP contribution is -2.44. The maximum absolute atomic E-state index is 12.5. The summed E-state index contributed by atoms with van der Waals surface area (Å²) in [6, 6.07) is 16.6. The number of rotatable bonds is 6. The van der Waals surface area contributed by atoms with Gasteiger partial charge in [0, 0.05) is 17.3 Å². The molecule has 0 aliphatic heterocycles. The second-order valence-corrected chi connectivity index (χ2v) is 9.97. The van der Waals surface area contributed by atoms with Crippen molar-refractivity contribution in [2.45, 2.75) is 57.1 Å². The van der Waals surface area contributed by atoms with Crippen LogP contribution in [0.4, 0.5) is 5.69 Å². The molecule has 34 heavy (non-hydrogen) atoms. The molecule has 4 rings (SSSR count). The molecule has 0 saturated heterocycles. The highest BCUT2D eigenvalue weighted by molar-refractivity contribution is 7.99. The van der Waals surface area contributed by atoms with Crippen molar-refractivity contribution < 1.29 is 4.79 Å². The number of hydrogen-bond acceptors (Lipinski definition) is 5. The van der Waals surface area contributed by atoms with Crippen molar-refractivity contribution in [3.05, 3.63) is 59.7 Å². The molecule has 0 unspecified atom stereocenters. The quantitative estimate of drug-likeness (QED) is 0.247. The normalized spacial score (nSPS) is 13.9. The van der Waals surface area contributed by atoms with Crippen LogP contribution in [-0.2, 0) is 4.79 Å². The largest absolute Gasteiger partial charge is 0.331 e. The van der Waals surface area contributed by atoms with E-state index in [1.165, 1.54) is 42.2 Å². The average Bonchev–Trinajstić information content (AvgIpc) is 3.28. The van der Waals surface area contributed by atoms with Gasteiger partial charge in [-0.25, -0.2) is 0 Å². The number of thioether (sulfide) groups is 1. The number of hydrogen-bond donors (Lipinski definition) is 3. The van der Waals surface area contributed by atoms with E-state index in [2.05, 4.69) is 62.1 Å². The Labute approximate surface area is 210 Å². The van der Waals surface area contributed by atoms with Crippen LogP contribution in [0.1, 0.15) is 49.3 Å². The van der Waals surface area contributed by atoms with Crippen LogP contribution in [0.5, 0.6) is 0 Å². The van der Waals surface area contributed by atoms with Crippen molar-refractivity contribution >= 4 is 40.7 Å². The number of hydrazine groups is 1. The van der Waals surface area contributed by atoms with Gasteiger partial charge in [-0.2, -0.15) is 0 Å². The summed E-state index contributed by atoms with van der Waals surface area (Å²) in [5, 5.41) is 13.1. The van der Waals surface area contributed by atoms with Gasteiger partial charge in [-0.3, -0.25) is 20.2 Å². The van der Waals surface area contributed by atoms with Crippen LogP contribution < -0.4 is 16.2 Å². The molecule has 3 N–H and O–H groups in total. The van der Waals surface area contributed by atoms with E-state index in [-0.39, 0.29) is 11.7 Å². The lowest BCUT2D eigenvalue weighted by atomic mass is 9.95. The summed E-state index contributed by atoms with van der Waals surface area (Å²) in [6.07, 6.45) is 5.89. The van der Waals surface area contributed by atoms with Gasteiger partial charge in [0.2, 0.25) is 5.91 Å². The zero-order valence-electron chi connectivity index (χ0n) is 19.5. The zero-order chi connectivity index (χ0) is 23.9. The van der Waals surface area contributed by atoms with Crippen LogP contribution >= 0.6 is 24.0 Å². The molecular weight excluding hydrogens is 464 g/mol. The molecule has 1 aromatic heterocycles. The van der Waals surface area contributed by atoms with E-state index >= 15 is 0 Å².